The van der Waals surface area contributed by atoms with E-state index in [1.165, 1.54) is 0 Å². The number of hydrogen-bond acceptors (Lipinski definition) is 3. The van der Waals surface area contributed by atoms with E-state index < -0.39 is 11.5 Å². The van der Waals surface area contributed by atoms with Crippen molar-refractivity contribution in [2.45, 2.75) is 72.0 Å². The van der Waals surface area contributed by atoms with Gasteiger partial charge in [0.15, 0.2) is 0 Å². The Bertz CT molecular complexity index is 254. The van der Waals surface area contributed by atoms with Crippen molar-refractivity contribution < 1.29 is 9.90 Å². The fraction of sp³-hybridized carbons (Fsp3) is 0.929. The smallest absolute Gasteiger partial charge is 0.323 e. The number of carbonyl (C=O) groups is 1. The van der Waals surface area contributed by atoms with Gasteiger partial charge in [-0.15, -0.1) is 0 Å². The summed E-state index contributed by atoms with van der Waals surface area (Å²) in [5.41, 5.74) is -0.838. The van der Waals surface area contributed by atoms with Crippen molar-refractivity contribution in [2.75, 3.05) is 13.1 Å². The lowest BCUT2D eigenvalue weighted by Crippen LogP contribution is -2.54. The molecule has 0 radical (unpaired) electrons. The van der Waals surface area contributed by atoms with Crippen LogP contribution in [0.15, 0.2) is 0 Å². The third kappa shape index (κ3) is 5.83. The van der Waals surface area contributed by atoms with Gasteiger partial charge in [-0.25, -0.2) is 0 Å². The third-order valence-corrected chi connectivity index (χ3v) is 3.22. The van der Waals surface area contributed by atoms with Gasteiger partial charge in [-0.05, 0) is 54.0 Å². The Morgan fingerprint density at radius 2 is 1.83 bits per heavy atom. The molecule has 0 amide bonds. The molecular weight excluding hydrogens is 228 g/mol. The largest absolute Gasteiger partial charge is 0.480 e. The molecule has 0 heterocycles. The number of carboxylic acid groups (broad SMARTS) is 1. The first-order valence-electron chi connectivity index (χ1n) is 6.98. The van der Waals surface area contributed by atoms with Crippen LogP contribution in [-0.2, 0) is 4.79 Å². The molecule has 0 spiro atoms. The molecule has 0 aromatic heterocycles. The summed E-state index contributed by atoms with van der Waals surface area (Å²) in [6, 6.07) is 0.631. The van der Waals surface area contributed by atoms with Gasteiger partial charge in [0.25, 0.3) is 0 Å². The molecule has 2 N–H and O–H groups in total. The molecule has 18 heavy (non-hydrogen) atoms. The van der Waals surface area contributed by atoms with Crippen LogP contribution >= 0.6 is 0 Å². The van der Waals surface area contributed by atoms with Crippen molar-refractivity contribution in [2.24, 2.45) is 0 Å². The first-order chi connectivity index (χ1) is 8.23. The molecule has 0 fully saturated rings. The summed E-state index contributed by atoms with van der Waals surface area (Å²) >= 11 is 0. The van der Waals surface area contributed by atoms with Crippen LogP contribution in [0.1, 0.15) is 54.4 Å². The topological polar surface area (TPSA) is 52.6 Å². The molecule has 0 aromatic rings. The van der Waals surface area contributed by atoms with Gasteiger partial charge in [0.2, 0.25) is 0 Å². The van der Waals surface area contributed by atoms with Gasteiger partial charge in [-0.1, -0.05) is 6.92 Å². The average molecular weight is 258 g/mol. The van der Waals surface area contributed by atoms with Gasteiger partial charge in [-0.3, -0.25) is 10.1 Å². The van der Waals surface area contributed by atoms with E-state index in [2.05, 4.69) is 31.0 Å². The molecule has 4 heteroatoms. The lowest BCUT2D eigenvalue weighted by molar-refractivity contribution is -0.145. The number of aliphatic carboxylic acids is 1. The minimum atomic E-state index is -0.838. The summed E-state index contributed by atoms with van der Waals surface area (Å²) in [6.45, 7) is 14.0. The van der Waals surface area contributed by atoms with Gasteiger partial charge < -0.3 is 10.0 Å². The van der Waals surface area contributed by atoms with Crippen LogP contribution < -0.4 is 5.32 Å². The Morgan fingerprint density at radius 1 is 1.28 bits per heavy atom. The Morgan fingerprint density at radius 3 is 2.17 bits per heavy atom. The number of rotatable bonds is 9. The molecule has 4 nitrogen and oxygen atoms in total. The molecule has 1 atom stereocenters. The highest BCUT2D eigenvalue weighted by Crippen LogP contribution is 2.14. The lowest BCUT2D eigenvalue weighted by atomic mass is 9.96. The number of nitrogens with one attached hydrogen (secondary N) is 1. The molecule has 108 valence electrons. The predicted molar refractivity (Wildman–Crippen MR) is 75.9 cm³/mol. The minimum absolute atomic E-state index is 0.171. The molecule has 0 aromatic carbocycles. The molecule has 0 bridgehead atoms. The maximum Gasteiger partial charge on any atom is 0.323 e. The quantitative estimate of drug-likeness (QED) is 0.666. The molecule has 0 saturated heterocycles. The van der Waals surface area contributed by atoms with E-state index in [0.29, 0.717) is 12.5 Å². The van der Waals surface area contributed by atoms with E-state index >= 15 is 0 Å². The second kappa shape index (κ2) is 7.74. The second-order valence-electron chi connectivity index (χ2n) is 5.82. The van der Waals surface area contributed by atoms with Crippen molar-refractivity contribution >= 4 is 5.97 Å². The molecule has 1 unspecified atom stereocenters. The van der Waals surface area contributed by atoms with Gasteiger partial charge in [0, 0.05) is 18.6 Å². The number of nitrogens with zero attached hydrogens (tertiary/aromatic N) is 1. The Balaban J connectivity index is 4.54. The number of hydrogen-bond donors (Lipinski definition) is 2. The Hall–Kier alpha value is -0.610. The first-order valence-corrected chi connectivity index (χ1v) is 6.98. The average Bonchev–Trinajstić information content (AvgIpc) is 2.22. The van der Waals surface area contributed by atoms with Crippen LogP contribution in [-0.4, -0.2) is 46.7 Å². The second-order valence-corrected chi connectivity index (χ2v) is 5.82. The highest BCUT2D eigenvalue weighted by Gasteiger charge is 2.33. The van der Waals surface area contributed by atoms with Crippen LogP contribution in [0.5, 0.6) is 0 Å². The zero-order valence-electron chi connectivity index (χ0n) is 12.8. The first kappa shape index (κ1) is 17.4. The molecule has 0 rings (SSSR count). The monoisotopic (exact) mass is 258 g/mol. The Labute approximate surface area is 112 Å². The third-order valence-electron chi connectivity index (χ3n) is 3.22. The fourth-order valence-electron chi connectivity index (χ4n) is 2.16. The van der Waals surface area contributed by atoms with Crippen molar-refractivity contribution in [3.05, 3.63) is 0 Å². The maximum atomic E-state index is 11.4. The van der Waals surface area contributed by atoms with E-state index in [4.69, 9.17) is 0 Å². The van der Waals surface area contributed by atoms with Gasteiger partial charge in [0.1, 0.15) is 5.54 Å². The van der Waals surface area contributed by atoms with E-state index in [1.807, 2.05) is 13.8 Å². The summed E-state index contributed by atoms with van der Waals surface area (Å²) < 4.78 is 0. The summed E-state index contributed by atoms with van der Waals surface area (Å²) in [5, 5.41) is 12.5. The van der Waals surface area contributed by atoms with Gasteiger partial charge >= 0.3 is 5.97 Å². The molecule has 0 aliphatic rings. The van der Waals surface area contributed by atoms with Crippen LogP contribution in [0.2, 0.25) is 0 Å². The molecule has 0 aliphatic heterocycles. The van der Waals surface area contributed by atoms with Crippen LogP contribution in [0.4, 0.5) is 0 Å². The fourth-order valence-corrected chi connectivity index (χ4v) is 2.16. The summed E-state index contributed by atoms with van der Waals surface area (Å²) in [6.07, 6.45) is 1.72. The predicted octanol–water partition coefficient (Wildman–Crippen LogP) is 2.34. The normalized spacial score (nSPS) is 15.4. The van der Waals surface area contributed by atoms with Gasteiger partial charge in [-0.2, -0.15) is 0 Å². The van der Waals surface area contributed by atoms with Crippen molar-refractivity contribution in [3.63, 3.8) is 0 Å². The van der Waals surface area contributed by atoms with E-state index in [9.17, 15) is 9.90 Å². The molecule has 0 aliphatic carbocycles. The highest BCUT2D eigenvalue weighted by atomic mass is 16.4. The van der Waals surface area contributed by atoms with Crippen LogP contribution in [0.3, 0.4) is 0 Å². The summed E-state index contributed by atoms with van der Waals surface area (Å²) in [4.78, 5) is 13.8. The number of carboxylic acids is 1. The lowest BCUT2D eigenvalue weighted by Gasteiger charge is -2.33. The SMILES string of the molecule is CCCN(CCC(C)(NC(C)C)C(=O)O)C(C)C. The van der Waals surface area contributed by atoms with Crippen LogP contribution in [0, 0.1) is 0 Å². The van der Waals surface area contributed by atoms with Crippen molar-refractivity contribution in [1.29, 1.82) is 0 Å². The van der Waals surface area contributed by atoms with E-state index in [1.54, 1.807) is 6.92 Å². The van der Waals surface area contributed by atoms with E-state index in [0.717, 1.165) is 19.5 Å². The van der Waals surface area contributed by atoms with Gasteiger partial charge in [0.05, 0.1) is 0 Å². The maximum absolute atomic E-state index is 11.4. The van der Waals surface area contributed by atoms with Crippen molar-refractivity contribution in [3.8, 4) is 0 Å². The minimum Gasteiger partial charge on any atom is -0.480 e. The van der Waals surface area contributed by atoms with Crippen LogP contribution in [0.25, 0.3) is 0 Å². The summed E-state index contributed by atoms with van der Waals surface area (Å²) in [5.74, 6) is -0.767. The highest BCUT2D eigenvalue weighted by molar-refractivity contribution is 5.78. The van der Waals surface area contributed by atoms with Crippen molar-refractivity contribution in [1.82, 2.24) is 10.2 Å². The zero-order valence-corrected chi connectivity index (χ0v) is 12.8. The Kier molecular flexibility index (Phi) is 7.48. The zero-order chi connectivity index (χ0) is 14.3. The summed E-state index contributed by atoms with van der Waals surface area (Å²) in [7, 11) is 0. The van der Waals surface area contributed by atoms with E-state index in [-0.39, 0.29) is 6.04 Å². The standard InChI is InChI=1S/C14H30N2O2/c1-7-9-16(12(4)5)10-8-14(6,13(17)18)15-11(2)3/h11-12,15H,7-10H2,1-6H3,(H,17,18). The molecular formula is C14H30N2O2. The molecule has 0 saturated carbocycles.